The van der Waals surface area contributed by atoms with Crippen LogP contribution in [0.5, 0.6) is 0 Å². The lowest BCUT2D eigenvalue weighted by molar-refractivity contribution is -0.147. The number of hydrogen-bond acceptors (Lipinski definition) is 1. The van der Waals surface area contributed by atoms with E-state index in [1.165, 1.54) is 0 Å². The smallest absolute Gasteiger partial charge is 0.320 e. The lowest BCUT2D eigenvalue weighted by atomic mass is 10.0. The van der Waals surface area contributed by atoms with Gasteiger partial charge in [0.1, 0.15) is 6.04 Å². The van der Waals surface area contributed by atoms with Gasteiger partial charge in [-0.05, 0) is 30.2 Å². The number of rotatable bonds is 2. The Bertz CT molecular complexity index is 425. The second kappa shape index (κ2) is 4.97. The molecule has 1 aromatic rings. The Labute approximate surface area is 104 Å². The van der Waals surface area contributed by atoms with Gasteiger partial charge in [-0.3, -0.25) is 0 Å². The predicted octanol–water partition coefficient (Wildman–Crippen LogP) is 3.79. The first kappa shape index (κ1) is 15.1. The van der Waals surface area contributed by atoms with Gasteiger partial charge in [-0.2, -0.15) is 26.3 Å². The van der Waals surface area contributed by atoms with E-state index in [2.05, 4.69) is 0 Å². The highest BCUT2D eigenvalue weighted by molar-refractivity contribution is 6.31. The van der Waals surface area contributed by atoms with Gasteiger partial charge in [0.25, 0.3) is 0 Å². The molecule has 0 aliphatic heterocycles. The van der Waals surface area contributed by atoms with Crippen molar-refractivity contribution in [3.8, 4) is 0 Å². The molecule has 18 heavy (non-hydrogen) atoms. The van der Waals surface area contributed by atoms with Crippen LogP contribution in [0.3, 0.4) is 0 Å². The number of nitrogens with two attached hydrogens (primary N) is 1. The van der Waals surface area contributed by atoms with E-state index in [4.69, 9.17) is 17.3 Å². The lowest BCUT2D eigenvalue weighted by Crippen LogP contribution is -2.39. The maximum Gasteiger partial charge on any atom is 0.416 e. The van der Waals surface area contributed by atoms with Crippen molar-refractivity contribution in [3.05, 3.63) is 34.3 Å². The summed E-state index contributed by atoms with van der Waals surface area (Å²) >= 11 is 5.55. The van der Waals surface area contributed by atoms with Gasteiger partial charge in [0, 0.05) is 5.02 Å². The average Bonchev–Trinajstić information content (AvgIpc) is 2.18. The van der Waals surface area contributed by atoms with Crippen molar-refractivity contribution in [1.82, 2.24) is 0 Å². The van der Waals surface area contributed by atoms with E-state index in [-0.39, 0.29) is 10.6 Å². The standard InChI is InChI=1S/C10H8ClF6N/c11-7-2-1-6(9(12,13)14)3-5(7)4-8(18)10(15,16)17/h1-3,8H,4,18H2. The zero-order valence-electron chi connectivity index (χ0n) is 8.74. The van der Waals surface area contributed by atoms with Crippen molar-refractivity contribution in [3.63, 3.8) is 0 Å². The molecule has 8 heteroatoms. The fraction of sp³-hybridized carbons (Fsp3) is 0.400. The first-order valence-electron chi connectivity index (χ1n) is 4.69. The van der Waals surface area contributed by atoms with Crippen LogP contribution in [-0.2, 0) is 12.6 Å². The highest BCUT2D eigenvalue weighted by Gasteiger charge is 2.37. The molecule has 1 aromatic carbocycles. The largest absolute Gasteiger partial charge is 0.416 e. The van der Waals surface area contributed by atoms with Gasteiger partial charge >= 0.3 is 12.4 Å². The summed E-state index contributed by atoms with van der Waals surface area (Å²) in [5.74, 6) is 0. The molecule has 2 N–H and O–H groups in total. The van der Waals surface area contributed by atoms with Gasteiger partial charge in [-0.25, -0.2) is 0 Å². The normalized spacial score (nSPS) is 14.7. The van der Waals surface area contributed by atoms with Crippen LogP contribution < -0.4 is 5.73 Å². The monoisotopic (exact) mass is 291 g/mol. The molecule has 0 radical (unpaired) electrons. The Kier molecular flexibility index (Phi) is 4.17. The fourth-order valence-corrected chi connectivity index (χ4v) is 1.45. The third kappa shape index (κ3) is 3.78. The Morgan fingerprint density at radius 2 is 1.67 bits per heavy atom. The van der Waals surface area contributed by atoms with E-state index < -0.39 is 30.4 Å². The van der Waals surface area contributed by atoms with E-state index >= 15 is 0 Å². The highest BCUT2D eigenvalue weighted by atomic mass is 35.5. The summed E-state index contributed by atoms with van der Waals surface area (Å²) in [6.45, 7) is 0. The maximum absolute atomic E-state index is 12.4. The number of halogens is 7. The quantitative estimate of drug-likeness (QED) is 0.824. The Balaban J connectivity index is 3.03. The lowest BCUT2D eigenvalue weighted by Gasteiger charge is -2.17. The molecule has 0 amide bonds. The number of benzene rings is 1. The summed E-state index contributed by atoms with van der Waals surface area (Å²) in [6.07, 6.45) is -10.1. The molecule has 0 saturated heterocycles. The first-order valence-corrected chi connectivity index (χ1v) is 5.07. The highest BCUT2D eigenvalue weighted by Crippen LogP contribution is 2.33. The van der Waals surface area contributed by atoms with Crippen LogP contribution in [-0.4, -0.2) is 12.2 Å². The third-order valence-corrected chi connectivity index (χ3v) is 2.60. The summed E-state index contributed by atoms with van der Waals surface area (Å²) in [5.41, 5.74) is 3.51. The van der Waals surface area contributed by atoms with Crippen LogP contribution in [0.25, 0.3) is 0 Å². The molecular weight excluding hydrogens is 284 g/mol. The molecule has 0 aromatic heterocycles. The van der Waals surface area contributed by atoms with Crippen LogP contribution in [0.1, 0.15) is 11.1 Å². The summed E-state index contributed by atoms with van der Waals surface area (Å²) in [5, 5.41) is -0.178. The molecule has 1 rings (SSSR count). The number of alkyl halides is 6. The zero-order valence-corrected chi connectivity index (χ0v) is 9.50. The Hall–Kier alpha value is -0.950. The average molecular weight is 292 g/mol. The van der Waals surface area contributed by atoms with Gasteiger partial charge < -0.3 is 5.73 Å². The van der Waals surface area contributed by atoms with Crippen LogP contribution in [0.4, 0.5) is 26.3 Å². The molecule has 0 fully saturated rings. The zero-order chi connectivity index (χ0) is 14.1. The summed E-state index contributed by atoms with van der Waals surface area (Å²) in [6, 6.07) is -0.0692. The van der Waals surface area contributed by atoms with Crippen LogP contribution in [0, 0.1) is 0 Å². The summed E-state index contributed by atoms with van der Waals surface area (Å²) in [4.78, 5) is 0. The fourth-order valence-electron chi connectivity index (χ4n) is 1.26. The molecule has 1 unspecified atom stereocenters. The van der Waals surface area contributed by atoms with Gasteiger partial charge in [0.2, 0.25) is 0 Å². The van der Waals surface area contributed by atoms with Gasteiger partial charge in [0.05, 0.1) is 5.56 Å². The minimum atomic E-state index is -4.68. The molecule has 0 bridgehead atoms. The Morgan fingerprint density at radius 1 is 1.11 bits per heavy atom. The van der Waals surface area contributed by atoms with E-state index in [0.717, 1.165) is 6.07 Å². The van der Waals surface area contributed by atoms with Crippen LogP contribution in [0.15, 0.2) is 18.2 Å². The third-order valence-electron chi connectivity index (χ3n) is 2.23. The molecule has 0 saturated carbocycles. The molecule has 0 aliphatic rings. The molecular formula is C10H8ClF6N. The maximum atomic E-state index is 12.4. The van der Waals surface area contributed by atoms with Crippen LogP contribution >= 0.6 is 11.6 Å². The topological polar surface area (TPSA) is 26.0 Å². The molecule has 0 spiro atoms. The van der Waals surface area contributed by atoms with Crippen molar-refractivity contribution in [2.24, 2.45) is 5.73 Å². The van der Waals surface area contributed by atoms with Gasteiger partial charge in [-0.15, -0.1) is 0 Å². The molecule has 0 aliphatic carbocycles. The molecule has 1 nitrogen and oxygen atoms in total. The van der Waals surface area contributed by atoms with Crippen molar-refractivity contribution < 1.29 is 26.3 Å². The van der Waals surface area contributed by atoms with Crippen LogP contribution in [0.2, 0.25) is 5.02 Å². The van der Waals surface area contributed by atoms with Crippen molar-refractivity contribution in [1.29, 1.82) is 0 Å². The second-order valence-corrected chi connectivity index (χ2v) is 4.06. The minimum Gasteiger partial charge on any atom is -0.320 e. The molecule has 102 valence electrons. The van der Waals surface area contributed by atoms with E-state index in [0.29, 0.717) is 12.1 Å². The van der Waals surface area contributed by atoms with Gasteiger partial charge in [-0.1, -0.05) is 11.6 Å². The van der Waals surface area contributed by atoms with E-state index in [1.54, 1.807) is 0 Å². The van der Waals surface area contributed by atoms with Crippen molar-refractivity contribution in [2.45, 2.75) is 24.8 Å². The first-order chi connectivity index (χ1) is 8.01. The van der Waals surface area contributed by atoms with Gasteiger partial charge in [0.15, 0.2) is 0 Å². The predicted molar refractivity (Wildman–Crippen MR) is 54.2 cm³/mol. The van der Waals surface area contributed by atoms with Crippen molar-refractivity contribution in [2.75, 3.05) is 0 Å². The SMILES string of the molecule is NC(Cc1cc(C(F)(F)F)ccc1Cl)C(F)(F)F. The Morgan fingerprint density at radius 3 is 2.11 bits per heavy atom. The number of hydrogen-bond donors (Lipinski definition) is 1. The second-order valence-electron chi connectivity index (χ2n) is 3.66. The minimum absolute atomic E-state index is 0.178. The van der Waals surface area contributed by atoms with E-state index in [9.17, 15) is 26.3 Å². The van der Waals surface area contributed by atoms with Crippen molar-refractivity contribution >= 4 is 11.6 Å². The molecule has 0 heterocycles. The summed E-state index contributed by atoms with van der Waals surface area (Å²) in [7, 11) is 0. The van der Waals surface area contributed by atoms with E-state index in [1.807, 2.05) is 0 Å². The molecule has 1 atom stereocenters. The summed E-state index contributed by atoms with van der Waals surface area (Å²) < 4.78 is 73.8.